The van der Waals surface area contributed by atoms with Crippen molar-refractivity contribution in [2.45, 2.75) is 90.6 Å². The van der Waals surface area contributed by atoms with Gasteiger partial charge in [0.25, 0.3) is 5.91 Å². The van der Waals surface area contributed by atoms with Crippen LogP contribution >= 0.6 is 0 Å². The predicted octanol–water partition coefficient (Wildman–Crippen LogP) is 5.32. The highest BCUT2D eigenvalue weighted by molar-refractivity contribution is 6.62. The molecular weight excluding hydrogens is 567 g/mol. The molecule has 2 aliphatic heterocycles. The van der Waals surface area contributed by atoms with Crippen LogP contribution in [0.3, 0.4) is 0 Å². The number of hydrogen-bond acceptors (Lipinski definition) is 7. The molecule has 1 N–H and O–H groups in total. The van der Waals surface area contributed by atoms with Crippen molar-refractivity contribution in [3.63, 3.8) is 0 Å². The average molecular weight is 613 g/mol. The number of rotatable bonds is 5. The molecule has 1 aromatic heterocycles. The van der Waals surface area contributed by atoms with Crippen LogP contribution in [0.15, 0.2) is 48.7 Å². The van der Waals surface area contributed by atoms with Crippen LogP contribution in [-0.4, -0.2) is 72.0 Å². The molecule has 9 nitrogen and oxygen atoms in total. The first kappa shape index (κ1) is 31.4. The number of ether oxygens (including phenoxy) is 1. The van der Waals surface area contributed by atoms with Crippen molar-refractivity contribution in [2.24, 2.45) is 0 Å². The van der Waals surface area contributed by atoms with Gasteiger partial charge in [-0.3, -0.25) is 9.78 Å². The molecule has 6 rings (SSSR count). The van der Waals surface area contributed by atoms with Gasteiger partial charge in [-0.1, -0.05) is 18.2 Å². The average Bonchev–Trinajstić information content (AvgIpc) is 3.71. The Morgan fingerprint density at radius 3 is 2.24 bits per heavy atom. The number of pyridine rings is 1. The molecule has 0 atom stereocenters. The second kappa shape index (κ2) is 11.0. The molecule has 3 fully saturated rings. The van der Waals surface area contributed by atoms with E-state index in [4.69, 9.17) is 14.0 Å². The minimum absolute atomic E-state index is 0.0997. The number of hydrogen-bond donors (Lipinski definition) is 1. The number of aryl methyl sites for hydroxylation is 1. The molecule has 1 aliphatic carbocycles. The molecule has 10 heteroatoms. The summed E-state index contributed by atoms with van der Waals surface area (Å²) in [6.45, 7) is 18.2. The minimum Gasteiger partial charge on any atom is -0.444 e. The minimum atomic E-state index is -0.527. The highest BCUT2D eigenvalue weighted by atomic mass is 16.7. The molecule has 2 saturated heterocycles. The lowest BCUT2D eigenvalue weighted by molar-refractivity contribution is 0.00578. The quantitative estimate of drug-likeness (QED) is 0.390. The van der Waals surface area contributed by atoms with Gasteiger partial charge in [-0.2, -0.15) is 0 Å². The van der Waals surface area contributed by atoms with E-state index in [9.17, 15) is 9.59 Å². The van der Waals surface area contributed by atoms with Crippen LogP contribution in [0.4, 0.5) is 10.5 Å². The van der Waals surface area contributed by atoms with Gasteiger partial charge in [0.2, 0.25) is 0 Å². The Morgan fingerprint density at radius 2 is 1.62 bits per heavy atom. The van der Waals surface area contributed by atoms with Gasteiger partial charge in [-0.15, -0.1) is 0 Å². The van der Waals surface area contributed by atoms with Crippen molar-refractivity contribution >= 4 is 41.2 Å². The number of nitrogens with zero attached hydrogens (tertiary/aromatic N) is 3. The fourth-order valence-corrected chi connectivity index (χ4v) is 6.11. The number of fused-ring (bicyclic) bond motifs is 1. The van der Waals surface area contributed by atoms with Crippen LogP contribution in [0.2, 0.25) is 0 Å². The van der Waals surface area contributed by atoms with Gasteiger partial charge in [-0.05, 0) is 109 Å². The van der Waals surface area contributed by atoms with Crippen molar-refractivity contribution in [1.82, 2.24) is 15.2 Å². The van der Waals surface area contributed by atoms with Gasteiger partial charge in [0.15, 0.2) is 0 Å². The van der Waals surface area contributed by atoms with Crippen LogP contribution in [0, 0.1) is 6.92 Å². The van der Waals surface area contributed by atoms with E-state index in [2.05, 4.69) is 33.4 Å². The van der Waals surface area contributed by atoms with Crippen LogP contribution in [0.25, 0.3) is 10.9 Å². The number of benzene rings is 2. The van der Waals surface area contributed by atoms with E-state index in [1.54, 1.807) is 11.1 Å². The Kier molecular flexibility index (Phi) is 7.68. The van der Waals surface area contributed by atoms with Crippen molar-refractivity contribution in [3.05, 3.63) is 65.4 Å². The van der Waals surface area contributed by atoms with Gasteiger partial charge in [0, 0.05) is 49.0 Å². The summed E-state index contributed by atoms with van der Waals surface area (Å²) in [7, 11) is -0.527. The topological polar surface area (TPSA) is 93.2 Å². The van der Waals surface area contributed by atoms with Crippen molar-refractivity contribution in [1.29, 1.82) is 0 Å². The van der Waals surface area contributed by atoms with E-state index in [1.807, 2.05) is 79.7 Å². The number of piperazine rings is 1. The largest absolute Gasteiger partial charge is 0.494 e. The molecule has 0 radical (unpaired) electrons. The molecule has 0 spiro atoms. The molecule has 3 heterocycles. The number of anilines is 1. The lowest BCUT2D eigenvalue weighted by atomic mass is 9.76. The Hall–Kier alpha value is -3.63. The van der Waals surface area contributed by atoms with Crippen molar-refractivity contribution in [3.8, 4) is 0 Å². The highest BCUT2D eigenvalue weighted by Gasteiger charge is 2.53. The highest BCUT2D eigenvalue weighted by Crippen LogP contribution is 2.48. The second-order valence-electron chi connectivity index (χ2n) is 14.7. The molecule has 3 aromatic rings. The molecule has 1 saturated carbocycles. The van der Waals surface area contributed by atoms with E-state index in [0.29, 0.717) is 31.7 Å². The van der Waals surface area contributed by atoms with Gasteiger partial charge in [0.05, 0.1) is 22.3 Å². The Bertz CT molecular complexity index is 1620. The van der Waals surface area contributed by atoms with E-state index in [-0.39, 0.29) is 12.0 Å². The maximum atomic E-state index is 14.0. The summed E-state index contributed by atoms with van der Waals surface area (Å²) >= 11 is 0. The summed E-state index contributed by atoms with van der Waals surface area (Å²) in [5.41, 5.74) is 3.37. The molecule has 0 unspecified atom stereocenters. The summed E-state index contributed by atoms with van der Waals surface area (Å²) in [5, 5.41) is 4.44. The molecule has 2 aromatic carbocycles. The molecule has 2 amide bonds. The van der Waals surface area contributed by atoms with E-state index in [0.717, 1.165) is 46.0 Å². The van der Waals surface area contributed by atoms with Crippen molar-refractivity contribution in [2.75, 3.05) is 31.1 Å². The zero-order valence-electron chi connectivity index (χ0n) is 27.8. The normalized spacial score (nSPS) is 20.3. The lowest BCUT2D eigenvalue weighted by Gasteiger charge is -2.37. The van der Waals surface area contributed by atoms with E-state index >= 15 is 0 Å². The number of carbonyl (C=O) groups is 2. The monoisotopic (exact) mass is 612 g/mol. The summed E-state index contributed by atoms with van der Waals surface area (Å²) in [6.07, 6.45) is 3.17. The zero-order valence-corrected chi connectivity index (χ0v) is 27.8. The summed E-state index contributed by atoms with van der Waals surface area (Å²) in [4.78, 5) is 35.2. The van der Waals surface area contributed by atoms with Gasteiger partial charge in [-0.25, -0.2) is 4.79 Å². The Morgan fingerprint density at radius 1 is 0.956 bits per heavy atom. The third kappa shape index (κ3) is 6.14. The van der Waals surface area contributed by atoms with Gasteiger partial charge < -0.3 is 29.2 Å². The number of carbonyl (C=O) groups excluding carboxylic acids is 2. The standard InChI is InChI=1S/C35H45BN4O5/c1-23-11-12-25(39-16-18-40(19-17-39)31(42)43-32(2,3)4)22-27(23)30(41)38-35(13-14-35)28-20-24(21-29-26(28)10-9-15-37-29)36-44-33(5,6)34(7,8)45-36/h9-12,15,20-22H,13-14,16-19H2,1-8H3,(H,38,41). The first-order valence-electron chi connectivity index (χ1n) is 16.0. The number of aromatic nitrogens is 1. The van der Waals surface area contributed by atoms with Crippen molar-refractivity contribution < 1.29 is 23.6 Å². The summed E-state index contributed by atoms with van der Waals surface area (Å²) < 4.78 is 18.3. The lowest BCUT2D eigenvalue weighted by Crippen LogP contribution is -2.50. The molecule has 45 heavy (non-hydrogen) atoms. The third-order valence-electron chi connectivity index (χ3n) is 9.65. The first-order valence-corrected chi connectivity index (χ1v) is 16.0. The second-order valence-corrected chi connectivity index (χ2v) is 14.7. The molecule has 0 bridgehead atoms. The Labute approximate surface area is 266 Å². The summed E-state index contributed by atoms with van der Waals surface area (Å²) in [5.74, 6) is -0.0997. The molecule has 238 valence electrons. The van der Waals surface area contributed by atoms with E-state index in [1.165, 1.54) is 0 Å². The first-order chi connectivity index (χ1) is 21.1. The van der Waals surface area contributed by atoms with E-state index < -0.39 is 29.5 Å². The SMILES string of the molecule is Cc1ccc(N2CCN(C(=O)OC(C)(C)C)CC2)cc1C(=O)NC1(c2cc(B3OC(C)(C)C(C)(C)O3)cc3ncccc23)CC1. The molecule has 3 aliphatic rings. The van der Waals surface area contributed by atoms with Crippen LogP contribution < -0.4 is 15.7 Å². The van der Waals surface area contributed by atoms with Crippen LogP contribution in [0.5, 0.6) is 0 Å². The maximum absolute atomic E-state index is 14.0. The Balaban J connectivity index is 1.23. The summed E-state index contributed by atoms with van der Waals surface area (Å²) in [6, 6.07) is 14.2. The number of amides is 2. The maximum Gasteiger partial charge on any atom is 0.494 e. The van der Waals surface area contributed by atoms with Gasteiger partial charge >= 0.3 is 13.2 Å². The van der Waals surface area contributed by atoms with Gasteiger partial charge in [0.1, 0.15) is 5.60 Å². The zero-order chi connectivity index (χ0) is 32.4. The number of nitrogens with one attached hydrogen (secondary N) is 1. The van der Waals surface area contributed by atoms with Crippen LogP contribution in [0.1, 0.15) is 82.8 Å². The third-order valence-corrected chi connectivity index (χ3v) is 9.65. The fraction of sp³-hybridized carbons (Fsp3) is 0.514. The fourth-order valence-electron chi connectivity index (χ4n) is 6.11. The smallest absolute Gasteiger partial charge is 0.444 e. The van der Waals surface area contributed by atoms with Crippen LogP contribution in [-0.2, 0) is 19.6 Å². The predicted molar refractivity (Wildman–Crippen MR) is 177 cm³/mol. The molecular formula is C35H45BN4O5.